The Labute approximate surface area is 239 Å². The van der Waals surface area contributed by atoms with Crippen molar-refractivity contribution in [3.05, 3.63) is 143 Å². The van der Waals surface area contributed by atoms with Crippen molar-refractivity contribution in [2.45, 2.75) is 31.3 Å². The number of amidine groups is 1. The Morgan fingerprint density at radius 2 is 1.27 bits per heavy atom. The van der Waals surface area contributed by atoms with Crippen molar-refractivity contribution in [1.29, 1.82) is 5.41 Å². The van der Waals surface area contributed by atoms with Crippen molar-refractivity contribution < 1.29 is 14.4 Å². The average molecular weight is 548 g/mol. The molecule has 208 valence electrons. The van der Waals surface area contributed by atoms with Crippen LogP contribution in [0.4, 0.5) is 0 Å². The van der Waals surface area contributed by atoms with Gasteiger partial charge in [-0.1, -0.05) is 103 Å². The molecule has 0 fully saturated rings. The number of nitrogen functional groups attached to an aromatic ring is 1. The van der Waals surface area contributed by atoms with E-state index in [0.29, 0.717) is 5.56 Å². The maximum atomic E-state index is 13.8. The zero-order valence-electron chi connectivity index (χ0n) is 22.5. The van der Waals surface area contributed by atoms with Crippen LogP contribution in [0.3, 0.4) is 0 Å². The largest absolute Gasteiger partial charge is 0.384 e. The van der Waals surface area contributed by atoms with Gasteiger partial charge in [-0.15, -0.1) is 0 Å². The molecule has 8 heteroatoms. The summed E-state index contributed by atoms with van der Waals surface area (Å²) in [6, 6.07) is 32.3. The van der Waals surface area contributed by atoms with Crippen LogP contribution in [0, 0.1) is 5.41 Å². The maximum Gasteiger partial charge on any atom is 0.243 e. The van der Waals surface area contributed by atoms with Crippen LogP contribution in [0.25, 0.3) is 0 Å². The lowest BCUT2D eigenvalue weighted by Crippen LogP contribution is -2.49. The van der Waals surface area contributed by atoms with Crippen molar-refractivity contribution in [2.75, 3.05) is 0 Å². The summed E-state index contributed by atoms with van der Waals surface area (Å²) in [6.45, 7) is 0.232. The first-order chi connectivity index (χ1) is 19.8. The number of nitrogens with one attached hydrogen (secondary N) is 3. The van der Waals surface area contributed by atoms with Crippen molar-refractivity contribution in [2.24, 2.45) is 11.5 Å². The molecule has 0 saturated heterocycles. The molecule has 0 aromatic heterocycles. The van der Waals surface area contributed by atoms with Crippen LogP contribution < -0.4 is 22.1 Å². The molecule has 0 radical (unpaired) electrons. The molecule has 41 heavy (non-hydrogen) atoms. The summed E-state index contributed by atoms with van der Waals surface area (Å²) in [5.41, 5.74) is 15.5. The molecule has 0 saturated carbocycles. The van der Waals surface area contributed by atoms with E-state index in [1.54, 1.807) is 30.3 Å². The smallest absolute Gasteiger partial charge is 0.243 e. The van der Waals surface area contributed by atoms with Crippen molar-refractivity contribution >= 4 is 23.6 Å². The number of benzene rings is 4. The molecule has 1 atom stereocenters. The van der Waals surface area contributed by atoms with E-state index in [0.717, 1.165) is 27.8 Å². The molecule has 0 bridgehead atoms. The summed E-state index contributed by atoms with van der Waals surface area (Å²) in [5, 5.41) is 13.7. The number of carbonyl (C=O) groups excluding carboxylic acids is 3. The molecule has 8 nitrogen and oxygen atoms in total. The third-order valence-electron chi connectivity index (χ3n) is 6.71. The lowest BCUT2D eigenvalue weighted by atomic mass is 9.90. The second kappa shape index (κ2) is 13.7. The van der Waals surface area contributed by atoms with E-state index in [2.05, 4.69) is 10.6 Å². The highest BCUT2D eigenvalue weighted by atomic mass is 16.2. The highest BCUT2D eigenvalue weighted by molar-refractivity contribution is 5.95. The predicted octanol–water partition coefficient (Wildman–Crippen LogP) is 3.17. The van der Waals surface area contributed by atoms with Crippen molar-refractivity contribution in [3.8, 4) is 0 Å². The van der Waals surface area contributed by atoms with Gasteiger partial charge in [-0.25, -0.2) is 0 Å². The van der Waals surface area contributed by atoms with Crippen LogP contribution in [0.15, 0.2) is 109 Å². The standard InChI is InChI=1S/C33H33N5O3/c34-29(39)20-22-14-16-23(17-15-22)21-37-32(40)28(19-24-8-7-13-27(18-24)31(35)36)38-33(41)30(25-9-3-1-4-10-25)26-11-5-2-6-12-26/h1-18,28,30H,19-21H2,(H2,34,39)(H3,35,36)(H,37,40)(H,38,41). The monoisotopic (exact) mass is 547 g/mol. The molecule has 4 rings (SSSR count). The van der Waals surface area contributed by atoms with E-state index in [4.69, 9.17) is 16.9 Å². The third-order valence-corrected chi connectivity index (χ3v) is 6.71. The minimum Gasteiger partial charge on any atom is -0.384 e. The van der Waals surface area contributed by atoms with Gasteiger partial charge in [0, 0.05) is 18.5 Å². The van der Waals surface area contributed by atoms with Crippen LogP contribution >= 0.6 is 0 Å². The lowest BCUT2D eigenvalue weighted by molar-refractivity contribution is -0.129. The van der Waals surface area contributed by atoms with Gasteiger partial charge in [0.1, 0.15) is 11.9 Å². The normalized spacial score (nSPS) is 11.4. The number of primary amides is 1. The summed E-state index contributed by atoms with van der Waals surface area (Å²) in [7, 11) is 0. The molecule has 4 aromatic rings. The van der Waals surface area contributed by atoms with Crippen LogP contribution in [0.2, 0.25) is 0 Å². The van der Waals surface area contributed by atoms with Crippen LogP contribution in [-0.4, -0.2) is 29.6 Å². The van der Waals surface area contributed by atoms with Gasteiger partial charge in [0.05, 0.1) is 12.3 Å². The first kappa shape index (κ1) is 28.8. The van der Waals surface area contributed by atoms with Crippen LogP contribution in [0.5, 0.6) is 0 Å². The SMILES string of the molecule is N=C(N)c1cccc(CC(NC(=O)C(c2ccccc2)c2ccccc2)C(=O)NCc2ccc(CC(N)=O)cc2)c1. The number of nitrogens with two attached hydrogens (primary N) is 2. The van der Waals surface area contributed by atoms with E-state index in [9.17, 15) is 14.4 Å². The van der Waals surface area contributed by atoms with Gasteiger partial charge in [0.2, 0.25) is 17.7 Å². The van der Waals surface area contributed by atoms with Gasteiger partial charge in [-0.3, -0.25) is 19.8 Å². The van der Waals surface area contributed by atoms with Gasteiger partial charge in [-0.2, -0.15) is 0 Å². The minimum absolute atomic E-state index is 0.0788. The summed E-state index contributed by atoms with van der Waals surface area (Å²) in [6.07, 6.45) is 0.344. The molecular weight excluding hydrogens is 514 g/mol. The first-order valence-electron chi connectivity index (χ1n) is 13.3. The maximum absolute atomic E-state index is 13.8. The molecule has 0 aliphatic carbocycles. The molecule has 4 aromatic carbocycles. The van der Waals surface area contributed by atoms with Gasteiger partial charge in [0.25, 0.3) is 0 Å². The summed E-state index contributed by atoms with van der Waals surface area (Å²) >= 11 is 0. The lowest BCUT2D eigenvalue weighted by Gasteiger charge is -2.23. The summed E-state index contributed by atoms with van der Waals surface area (Å²) in [4.78, 5) is 38.6. The first-order valence-corrected chi connectivity index (χ1v) is 13.3. The van der Waals surface area contributed by atoms with Gasteiger partial charge < -0.3 is 22.1 Å². The Bertz CT molecular complexity index is 1470. The van der Waals surface area contributed by atoms with Crippen LogP contribution in [-0.2, 0) is 33.8 Å². The minimum atomic E-state index is -0.895. The molecule has 1 unspecified atom stereocenters. The molecule has 3 amide bonds. The fraction of sp³-hybridized carbons (Fsp3) is 0.152. The fourth-order valence-corrected chi connectivity index (χ4v) is 4.64. The van der Waals surface area contributed by atoms with Crippen molar-refractivity contribution in [1.82, 2.24) is 10.6 Å². The number of amides is 3. The zero-order valence-corrected chi connectivity index (χ0v) is 22.5. The van der Waals surface area contributed by atoms with Gasteiger partial charge in [0.15, 0.2) is 0 Å². The second-order valence-electron chi connectivity index (χ2n) is 9.81. The Hall–Kier alpha value is -5.24. The molecule has 7 N–H and O–H groups in total. The highest BCUT2D eigenvalue weighted by Crippen LogP contribution is 2.25. The van der Waals surface area contributed by atoms with E-state index in [-0.39, 0.29) is 37.0 Å². The molecule has 0 aliphatic rings. The predicted molar refractivity (Wildman–Crippen MR) is 159 cm³/mol. The molecule has 0 heterocycles. The highest BCUT2D eigenvalue weighted by Gasteiger charge is 2.28. The fourth-order valence-electron chi connectivity index (χ4n) is 4.64. The Morgan fingerprint density at radius 3 is 1.83 bits per heavy atom. The van der Waals surface area contributed by atoms with Gasteiger partial charge in [-0.05, 0) is 33.9 Å². The second-order valence-corrected chi connectivity index (χ2v) is 9.81. The number of hydrogen-bond donors (Lipinski definition) is 5. The van der Waals surface area contributed by atoms with Crippen molar-refractivity contribution in [3.63, 3.8) is 0 Å². The Morgan fingerprint density at radius 1 is 0.683 bits per heavy atom. The van der Waals surface area contributed by atoms with E-state index >= 15 is 0 Å². The Balaban J connectivity index is 1.57. The third kappa shape index (κ3) is 8.12. The molecular formula is C33H33N5O3. The number of rotatable bonds is 12. The van der Waals surface area contributed by atoms with Gasteiger partial charge >= 0.3 is 0 Å². The van der Waals surface area contributed by atoms with E-state index in [1.165, 1.54) is 0 Å². The quantitative estimate of drug-likeness (QED) is 0.137. The van der Waals surface area contributed by atoms with Crippen LogP contribution in [0.1, 0.15) is 39.3 Å². The Kier molecular flexibility index (Phi) is 9.62. The molecule has 0 aliphatic heterocycles. The topological polar surface area (TPSA) is 151 Å². The summed E-state index contributed by atoms with van der Waals surface area (Å²) < 4.78 is 0. The molecule has 0 spiro atoms. The number of hydrogen-bond acceptors (Lipinski definition) is 4. The number of carbonyl (C=O) groups is 3. The zero-order chi connectivity index (χ0) is 29.2. The average Bonchev–Trinajstić information content (AvgIpc) is 2.97. The van der Waals surface area contributed by atoms with E-state index < -0.39 is 17.9 Å². The summed E-state index contributed by atoms with van der Waals surface area (Å²) in [5.74, 6) is -1.77. The van der Waals surface area contributed by atoms with E-state index in [1.807, 2.05) is 78.9 Å².